The van der Waals surface area contributed by atoms with Crippen LogP contribution >= 0.6 is 15.9 Å². The molecule has 0 aromatic heterocycles. The van der Waals surface area contributed by atoms with Crippen LogP contribution in [0.1, 0.15) is 16.7 Å². The highest BCUT2D eigenvalue weighted by Gasteiger charge is 2.12. The SMILES string of the molecule is Cc1cc(S(N)(=O)=O)cc(N=Cc2cc(Br)ccc2O)c1C. The zero-order chi connectivity index (χ0) is 16.5. The van der Waals surface area contributed by atoms with Crippen LogP contribution in [0.4, 0.5) is 5.69 Å². The van der Waals surface area contributed by atoms with Crippen LogP contribution in [0.3, 0.4) is 0 Å². The number of benzene rings is 2. The minimum atomic E-state index is -3.79. The third-order valence-electron chi connectivity index (χ3n) is 3.27. The minimum Gasteiger partial charge on any atom is -0.507 e. The molecule has 0 aliphatic rings. The van der Waals surface area contributed by atoms with Crippen LogP contribution in [0.2, 0.25) is 0 Å². The lowest BCUT2D eigenvalue weighted by Crippen LogP contribution is -2.12. The molecule has 0 spiro atoms. The lowest BCUT2D eigenvalue weighted by Gasteiger charge is -2.08. The molecule has 0 bridgehead atoms. The van der Waals surface area contributed by atoms with Crippen molar-refractivity contribution in [2.45, 2.75) is 18.7 Å². The molecule has 0 unspecified atom stereocenters. The molecule has 0 atom stereocenters. The van der Waals surface area contributed by atoms with Gasteiger partial charge in [-0.3, -0.25) is 4.99 Å². The number of nitrogens with two attached hydrogens (primary N) is 1. The van der Waals surface area contributed by atoms with Crippen LogP contribution in [0.15, 0.2) is 44.7 Å². The van der Waals surface area contributed by atoms with Gasteiger partial charge in [-0.05, 0) is 55.3 Å². The summed E-state index contributed by atoms with van der Waals surface area (Å²) < 4.78 is 23.8. The summed E-state index contributed by atoms with van der Waals surface area (Å²) in [6.07, 6.45) is 1.48. The van der Waals surface area contributed by atoms with Crippen molar-refractivity contribution < 1.29 is 13.5 Å². The molecular weight excluding hydrogens is 368 g/mol. The standard InChI is InChI=1S/C15H15BrN2O3S/c1-9-5-13(22(17,20)21)7-14(10(9)2)18-8-11-6-12(16)3-4-15(11)19/h3-8,19H,1-2H3,(H2,17,20,21). The lowest BCUT2D eigenvalue weighted by atomic mass is 10.1. The molecule has 2 aromatic rings. The number of phenolic OH excluding ortho intramolecular Hbond substituents is 1. The number of aryl methyl sites for hydroxylation is 1. The molecule has 0 saturated carbocycles. The van der Waals surface area contributed by atoms with Gasteiger partial charge in [0.25, 0.3) is 0 Å². The summed E-state index contributed by atoms with van der Waals surface area (Å²) in [5.41, 5.74) is 2.63. The molecule has 0 heterocycles. The Morgan fingerprint density at radius 2 is 1.91 bits per heavy atom. The van der Waals surface area contributed by atoms with Crippen LogP contribution in [0.5, 0.6) is 5.75 Å². The zero-order valence-corrected chi connectivity index (χ0v) is 14.4. The van der Waals surface area contributed by atoms with Crippen molar-refractivity contribution in [2.75, 3.05) is 0 Å². The number of aromatic hydroxyl groups is 1. The van der Waals surface area contributed by atoms with Crippen molar-refractivity contribution in [1.29, 1.82) is 0 Å². The van der Waals surface area contributed by atoms with Gasteiger partial charge in [0.1, 0.15) is 5.75 Å². The molecule has 0 radical (unpaired) electrons. The van der Waals surface area contributed by atoms with E-state index in [1.54, 1.807) is 25.1 Å². The Labute approximate surface area is 137 Å². The first-order chi connectivity index (χ1) is 10.2. The fourth-order valence-electron chi connectivity index (χ4n) is 1.87. The normalized spacial score (nSPS) is 12.0. The van der Waals surface area contributed by atoms with Crippen molar-refractivity contribution in [3.05, 3.63) is 51.5 Å². The first kappa shape index (κ1) is 16.7. The number of nitrogens with zero attached hydrogens (tertiary/aromatic N) is 1. The number of aliphatic imine (C=N–C) groups is 1. The predicted octanol–water partition coefficient (Wildman–Crippen LogP) is 3.17. The van der Waals surface area contributed by atoms with Crippen molar-refractivity contribution in [3.63, 3.8) is 0 Å². The maximum atomic E-state index is 11.5. The maximum absolute atomic E-state index is 11.5. The van der Waals surface area contributed by atoms with Gasteiger partial charge >= 0.3 is 0 Å². The molecule has 7 heteroatoms. The van der Waals surface area contributed by atoms with E-state index in [0.29, 0.717) is 11.3 Å². The number of hydrogen-bond acceptors (Lipinski definition) is 4. The molecule has 3 N–H and O–H groups in total. The Bertz CT molecular complexity index is 861. The van der Waals surface area contributed by atoms with Gasteiger partial charge in [-0.15, -0.1) is 0 Å². The van der Waals surface area contributed by atoms with E-state index in [0.717, 1.165) is 15.6 Å². The van der Waals surface area contributed by atoms with Gasteiger partial charge in [-0.25, -0.2) is 13.6 Å². The largest absolute Gasteiger partial charge is 0.507 e. The van der Waals surface area contributed by atoms with Crippen LogP contribution < -0.4 is 5.14 Å². The summed E-state index contributed by atoms with van der Waals surface area (Å²) in [5, 5.41) is 15.0. The van der Waals surface area contributed by atoms with E-state index in [4.69, 9.17) is 5.14 Å². The molecule has 2 rings (SSSR count). The fourth-order valence-corrected chi connectivity index (χ4v) is 2.87. The van der Waals surface area contributed by atoms with Crippen molar-refractivity contribution in [3.8, 4) is 5.75 Å². The summed E-state index contributed by atoms with van der Waals surface area (Å²) >= 11 is 3.32. The van der Waals surface area contributed by atoms with Crippen LogP contribution in [-0.2, 0) is 10.0 Å². The molecule has 2 aromatic carbocycles. The monoisotopic (exact) mass is 382 g/mol. The van der Waals surface area contributed by atoms with Gasteiger partial charge in [0.05, 0.1) is 10.6 Å². The summed E-state index contributed by atoms with van der Waals surface area (Å²) in [6.45, 7) is 3.63. The highest BCUT2D eigenvalue weighted by molar-refractivity contribution is 9.10. The fraction of sp³-hybridized carbons (Fsp3) is 0.133. The van der Waals surface area contributed by atoms with Crippen molar-refractivity contribution in [2.24, 2.45) is 10.1 Å². The first-order valence-corrected chi connectivity index (χ1v) is 8.69. The highest BCUT2D eigenvalue weighted by atomic mass is 79.9. The van der Waals surface area contributed by atoms with E-state index in [1.165, 1.54) is 18.3 Å². The Morgan fingerprint density at radius 1 is 1.23 bits per heavy atom. The molecule has 0 amide bonds. The quantitative estimate of drug-likeness (QED) is 0.798. The van der Waals surface area contributed by atoms with Crippen LogP contribution in [0.25, 0.3) is 0 Å². The van der Waals surface area contributed by atoms with E-state index < -0.39 is 10.0 Å². The number of hydrogen-bond donors (Lipinski definition) is 2. The van der Waals surface area contributed by atoms with E-state index in [9.17, 15) is 13.5 Å². The van der Waals surface area contributed by atoms with E-state index in [-0.39, 0.29) is 10.6 Å². The Kier molecular flexibility index (Phi) is 4.69. The molecule has 22 heavy (non-hydrogen) atoms. The number of phenols is 1. The molecule has 0 aliphatic heterocycles. The number of rotatable bonds is 3. The van der Waals surface area contributed by atoms with Crippen molar-refractivity contribution >= 4 is 37.9 Å². The van der Waals surface area contributed by atoms with Gasteiger partial charge in [-0.1, -0.05) is 15.9 Å². The summed E-state index contributed by atoms with van der Waals surface area (Å²) in [6, 6.07) is 7.90. The van der Waals surface area contributed by atoms with Gasteiger partial charge in [-0.2, -0.15) is 0 Å². The topological polar surface area (TPSA) is 92.8 Å². The molecular formula is C15H15BrN2O3S. The Balaban J connectivity index is 2.51. The molecule has 5 nitrogen and oxygen atoms in total. The number of halogens is 1. The zero-order valence-electron chi connectivity index (χ0n) is 12.0. The average Bonchev–Trinajstić information content (AvgIpc) is 2.42. The molecule has 0 fully saturated rings. The molecule has 0 saturated heterocycles. The summed E-state index contributed by atoms with van der Waals surface area (Å²) in [5.74, 6) is 0.0870. The van der Waals surface area contributed by atoms with Crippen molar-refractivity contribution in [1.82, 2.24) is 0 Å². The third-order valence-corrected chi connectivity index (χ3v) is 4.66. The second-order valence-electron chi connectivity index (χ2n) is 4.89. The van der Waals surface area contributed by atoms with E-state index in [1.807, 2.05) is 6.92 Å². The first-order valence-electron chi connectivity index (χ1n) is 6.35. The Morgan fingerprint density at radius 3 is 2.55 bits per heavy atom. The minimum absolute atomic E-state index is 0.0150. The van der Waals surface area contributed by atoms with Crippen LogP contribution in [0, 0.1) is 13.8 Å². The van der Waals surface area contributed by atoms with Crippen LogP contribution in [-0.4, -0.2) is 19.7 Å². The summed E-state index contributed by atoms with van der Waals surface area (Å²) in [4.78, 5) is 4.30. The maximum Gasteiger partial charge on any atom is 0.238 e. The summed E-state index contributed by atoms with van der Waals surface area (Å²) in [7, 11) is -3.79. The Hall–Kier alpha value is -1.70. The van der Waals surface area contributed by atoms with Gasteiger partial charge < -0.3 is 5.11 Å². The van der Waals surface area contributed by atoms with Gasteiger partial charge in [0.2, 0.25) is 10.0 Å². The predicted molar refractivity (Wildman–Crippen MR) is 90.4 cm³/mol. The highest BCUT2D eigenvalue weighted by Crippen LogP contribution is 2.27. The smallest absolute Gasteiger partial charge is 0.238 e. The average molecular weight is 383 g/mol. The second kappa shape index (κ2) is 6.20. The van der Waals surface area contributed by atoms with Gasteiger partial charge in [0, 0.05) is 16.3 Å². The number of sulfonamides is 1. The van der Waals surface area contributed by atoms with E-state index >= 15 is 0 Å². The number of primary sulfonamides is 1. The second-order valence-corrected chi connectivity index (χ2v) is 7.37. The third kappa shape index (κ3) is 3.73. The molecule has 0 aliphatic carbocycles. The lowest BCUT2D eigenvalue weighted by molar-refractivity contribution is 0.474. The molecule has 116 valence electrons. The van der Waals surface area contributed by atoms with Gasteiger partial charge in [0.15, 0.2) is 0 Å². The van der Waals surface area contributed by atoms with E-state index in [2.05, 4.69) is 20.9 Å².